The molecule has 0 unspecified atom stereocenters. The van der Waals surface area contributed by atoms with Gasteiger partial charge in [0.1, 0.15) is 0 Å². The monoisotopic (exact) mass is 272 g/mol. The van der Waals surface area contributed by atoms with Gasteiger partial charge in [0.25, 0.3) is 0 Å². The molecule has 0 atom stereocenters. The molecule has 1 fully saturated rings. The maximum absolute atomic E-state index is 2.56. The third-order valence-electron chi connectivity index (χ3n) is 3.79. The lowest BCUT2D eigenvalue weighted by Gasteiger charge is -2.36. The van der Waals surface area contributed by atoms with Crippen molar-refractivity contribution in [3.05, 3.63) is 52.2 Å². The van der Waals surface area contributed by atoms with E-state index in [1.165, 1.54) is 16.1 Å². The molecule has 1 aliphatic rings. The van der Waals surface area contributed by atoms with E-state index in [9.17, 15) is 0 Å². The van der Waals surface area contributed by atoms with Gasteiger partial charge >= 0.3 is 0 Å². The lowest BCUT2D eigenvalue weighted by atomic mass is 10.1. The second-order valence-corrected chi connectivity index (χ2v) is 6.16. The van der Waals surface area contributed by atoms with Gasteiger partial charge in [0.05, 0.1) is 0 Å². The fourth-order valence-electron chi connectivity index (χ4n) is 2.69. The Labute approximate surface area is 119 Å². The van der Waals surface area contributed by atoms with Crippen LogP contribution in [0.15, 0.2) is 41.8 Å². The van der Waals surface area contributed by atoms with Gasteiger partial charge in [-0.05, 0) is 30.0 Å². The molecule has 0 amide bonds. The van der Waals surface area contributed by atoms with E-state index in [1.54, 1.807) is 0 Å². The first-order chi connectivity index (χ1) is 9.33. The number of para-hydroxylation sites is 1. The summed E-state index contributed by atoms with van der Waals surface area (Å²) in [7, 11) is 0. The quantitative estimate of drug-likeness (QED) is 0.845. The normalized spacial score (nSPS) is 16.8. The van der Waals surface area contributed by atoms with E-state index in [4.69, 9.17) is 0 Å². The molecular formula is C16H20N2S. The topological polar surface area (TPSA) is 6.48 Å². The van der Waals surface area contributed by atoms with Gasteiger partial charge < -0.3 is 4.90 Å². The van der Waals surface area contributed by atoms with E-state index in [2.05, 4.69) is 58.5 Å². The van der Waals surface area contributed by atoms with E-state index in [1.807, 2.05) is 11.3 Å². The van der Waals surface area contributed by atoms with Crippen LogP contribution in [0.5, 0.6) is 0 Å². The molecule has 1 aliphatic heterocycles. The Morgan fingerprint density at radius 3 is 2.47 bits per heavy atom. The third-order valence-corrected chi connectivity index (χ3v) is 4.65. The highest BCUT2D eigenvalue weighted by molar-refractivity contribution is 7.09. The van der Waals surface area contributed by atoms with Crippen LogP contribution in [-0.4, -0.2) is 31.1 Å². The molecule has 1 aromatic heterocycles. The van der Waals surface area contributed by atoms with Gasteiger partial charge in [-0.25, -0.2) is 0 Å². The highest BCUT2D eigenvalue weighted by Gasteiger charge is 2.18. The maximum Gasteiger partial charge on any atom is 0.0396 e. The molecule has 0 aliphatic carbocycles. The number of thiophene rings is 1. The number of benzene rings is 1. The van der Waals surface area contributed by atoms with Crippen LogP contribution in [-0.2, 0) is 6.54 Å². The SMILES string of the molecule is Cc1ccccc1N1CCN(Cc2cccs2)CC1. The minimum absolute atomic E-state index is 1.11. The summed E-state index contributed by atoms with van der Waals surface area (Å²) in [4.78, 5) is 6.55. The maximum atomic E-state index is 2.56. The van der Waals surface area contributed by atoms with Gasteiger partial charge in [-0.3, -0.25) is 4.90 Å². The van der Waals surface area contributed by atoms with Gasteiger partial charge in [0, 0.05) is 43.3 Å². The Morgan fingerprint density at radius 2 is 1.79 bits per heavy atom. The van der Waals surface area contributed by atoms with E-state index in [-0.39, 0.29) is 0 Å². The van der Waals surface area contributed by atoms with Gasteiger partial charge in [0.2, 0.25) is 0 Å². The van der Waals surface area contributed by atoms with Crippen molar-refractivity contribution >= 4 is 17.0 Å². The summed E-state index contributed by atoms with van der Waals surface area (Å²) in [6, 6.07) is 13.1. The van der Waals surface area contributed by atoms with Gasteiger partial charge in [-0.2, -0.15) is 0 Å². The summed E-state index contributed by atoms with van der Waals surface area (Å²) >= 11 is 1.86. The highest BCUT2D eigenvalue weighted by Crippen LogP contribution is 2.21. The first-order valence-corrected chi connectivity index (χ1v) is 7.76. The first-order valence-electron chi connectivity index (χ1n) is 6.88. The van der Waals surface area contributed by atoms with E-state index in [0.29, 0.717) is 0 Å². The first kappa shape index (κ1) is 12.7. The fourth-order valence-corrected chi connectivity index (χ4v) is 3.43. The Hall–Kier alpha value is -1.32. The zero-order valence-corrected chi connectivity index (χ0v) is 12.2. The van der Waals surface area contributed by atoms with Crippen molar-refractivity contribution in [2.45, 2.75) is 13.5 Å². The van der Waals surface area contributed by atoms with Crippen molar-refractivity contribution in [2.24, 2.45) is 0 Å². The molecule has 0 N–H and O–H groups in total. The van der Waals surface area contributed by atoms with E-state index < -0.39 is 0 Å². The molecule has 1 aromatic carbocycles. The molecule has 3 heteroatoms. The molecule has 0 bridgehead atoms. The summed E-state index contributed by atoms with van der Waals surface area (Å²) in [5, 5.41) is 2.17. The molecule has 2 aromatic rings. The number of anilines is 1. The Balaban J connectivity index is 1.59. The molecule has 3 rings (SSSR count). The number of piperazine rings is 1. The average molecular weight is 272 g/mol. The van der Waals surface area contributed by atoms with Crippen LogP contribution in [0, 0.1) is 6.92 Å². The second kappa shape index (κ2) is 5.76. The predicted molar refractivity (Wildman–Crippen MR) is 83.0 cm³/mol. The number of nitrogens with zero attached hydrogens (tertiary/aromatic N) is 2. The van der Waals surface area contributed by atoms with Gasteiger partial charge in [0.15, 0.2) is 0 Å². The van der Waals surface area contributed by atoms with E-state index >= 15 is 0 Å². The molecule has 2 nitrogen and oxygen atoms in total. The van der Waals surface area contributed by atoms with Gasteiger partial charge in [-0.15, -0.1) is 11.3 Å². The Kier molecular flexibility index (Phi) is 3.85. The predicted octanol–water partition coefficient (Wildman–Crippen LogP) is 3.38. The van der Waals surface area contributed by atoms with Crippen LogP contribution >= 0.6 is 11.3 Å². The van der Waals surface area contributed by atoms with Crippen LogP contribution in [0.25, 0.3) is 0 Å². The Bertz CT molecular complexity index is 513. The van der Waals surface area contributed by atoms with Crippen molar-refractivity contribution in [2.75, 3.05) is 31.1 Å². The molecular weight excluding hydrogens is 252 g/mol. The summed E-state index contributed by atoms with van der Waals surface area (Å²) in [5.74, 6) is 0. The number of aryl methyl sites for hydroxylation is 1. The van der Waals surface area contributed by atoms with Crippen LogP contribution in [0.4, 0.5) is 5.69 Å². The lowest BCUT2D eigenvalue weighted by Crippen LogP contribution is -2.46. The number of rotatable bonds is 3. The molecule has 0 radical (unpaired) electrons. The van der Waals surface area contributed by atoms with Crippen LogP contribution in [0.3, 0.4) is 0 Å². The van der Waals surface area contributed by atoms with Crippen molar-refractivity contribution in [3.8, 4) is 0 Å². The summed E-state index contributed by atoms with van der Waals surface area (Å²) in [6.07, 6.45) is 0. The summed E-state index contributed by atoms with van der Waals surface area (Å²) in [5.41, 5.74) is 2.78. The van der Waals surface area contributed by atoms with Crippen LogP contribution in [0.2, 0.25) is 0 Å². The van der Waals surface area contributed by atoms with Gasteiger partial charge in [-0.1, -0.05) is 24.3 Å². The highest BCUT2D eigenvalue weighted by atomic mass is 32.1. The van der Waals surface area contributed by atoms with E-state index in [0.717, 1.165) is 32.7 Å². The minimum atomic E-state index is 1.11. The fraction of sp³-hybridized carbons (Fsp3) is 0.375. The zero-order valence-electron chi connectivity index (χ0n) is 11.4. The molecule has 1 saturated heterocycles. The summed E-state index contributed by atoms with van der Waals surface area (Å²) < 4.78 is 0. The van der Waals surface area contributed by atoms with Crippen molar-refractivity contribution in [1.29, 1.82) is 0 Å². The average Bonchev–Trinajstić information content (AvgIpc) is 2.93. The lowest BCUT2D eigenvalue weighted by molar-refractivity contribution is 0.252. The van der Waals surface area contributed by atoms with Crippen molar-refractivity contribution in [3.63, 3.8) is 0 Å². The van der Waals surface area contributed by atoms with Crippen molar-refractivity contribution in [1.82, 2.24) is 4.90 Å². The molecule has 2 heterocycles. The molecule has 0 saturated carbocycles. The number of hydrogen-bond acceptors (Lipinski definition) is 3. The molecule has 0 spiro atoms. The zero-order chi connectivity index (χ0) is 13.1. The minimum Gasteiger partial charge on any atom is -0.369 e. The largest absolute Gasteiger partial charge is 0.369 e. The van der Waals surface area contributed by atoms with Crippen LogP contribution < -0.4 is 4.90 Å². The van der Waals surface area contributed by atoms with Crippen LogP contribution in [0.1, 0.15) is 10.4 Å². The number of hydrogen-bond donors (Lipinski definition) is 0. The Morgan fingerprint density at radius 1 is 1.00 bits per heavy atom. The molecule has 19 heavy (non-hydrogen) atoms. The summed E-state index contributed by atoms with van der Waals surface area (Å²) in [6.45, 7) is 7.90. The standard InChI is InChI=1S/C16H20N2S/c1-14-5-2-3-7-16(14)18-10-8-17(9-11-18)13-15-6-4-12-19-15/h2-7,12H,8-11,13H2,1H3. The molecule has 100 valence electrons. The smallest absolute Gasteiger partial charge is 0.0396 e. The third kappa shape index (κ3) is 2.99. The van der Waals surface area contributed by atoms with Crippen molar-refractivity contribution < 1.29 is 0 Å². The second-order valence-electron chi connectivity index (χ2n) is 5.13.